The molecule has 1 aromatic carbocycles. The molecule has 5 nitrogen and oxygen atoms in total. The summed E-state index contributed by atoms with van der Waals surface area (Å²) in [5.74, 6) is 1.47. The van der Waals surface area contributed by atoms with E-state index in [1.54, 1.807) is 7.11 Å². The fraction of sp³-hybridized carbons (Fsp3) is 0.636. The van der Waals surface area contributed by atoms with E-state index in [9.17, 15) is 9.59 Å². The van der Waals surface area contributed by atoms with E-state index in [4.69, 9.17) is 4.74 Å². The minimum atomic E-state index is -0.614. The van der Waals surface area contributed by atoms with E-state index in [-0.39, 0.29) is 5.60 Å². The predicted octanol–water partition coefficient (Wildman–Crippen LogP) is 3.20. The van der Waals surface area contributed by atoms with Gasteiger partial charge in [-0.05, 0) is 81.3 Å². The lowest BCUT2D eigenvalue weighted by molar-refractivity contribution is -0.188. The van der Waals surface area contributed by atoms with Gasteiger partial charge < -0.3 is 15.4 Å². The predicted molar refractivity (Wildman–Crippen MR) is 104 cm³/mol. The number of hydrogen-bond acceptors (Lipinski definition) is 3. The van der Waals surface area contributed by atoms with Gasteiger partial charge >= 0.3 is 11.8 Å². The fourth-order valence-corrected chi connectivity index (χ4v) is 6.11. The van der Waals surface area contributed by atoms with Crippen LogP contribution in [0.3, 0.4) is 0 Å². The van der Waals surface area contributed by atoms with Crippen LogP contribution in [0.1, 0.15) is 43.2 Å². The Balaban J connectivity index is 1.40. The zero-order valence-electron chi connectivity index (χ0n) is 16.5. The van der Waals surface area contributed by atoms with Crippen molar-refractivity contribution in [2.45, 2.75) is 51.6 Å². The first kappa shape index (κ1) is 18.5. The molecule has 0 heterocycles. The van der Waals surface area contributed by atoms with E-state index < -0.39 is 11.8 Å². The molecule has 0 aliphatic heterocycles. The largest absolute Gasteiger partial charge is 0.376 e. The summed E-state index contributed by atoms with van der Waals surface area (Å²) in [5.41, 5.74) is 2.45. The van der Waals surface area contributed by atoms with Crippen LogP contribution >= 0.6 is 0 Å². The number of ether oxygens (including phenoxy) is 1. The quantitative estimate of drug-likeness (QED) is 0.800. The Morgan fingerprint density at radius 2 is 1.67 bits per heavy atom. The van der Waals surface area contributed by atoms with Crippen LogP contribution in [0.15, 0.2) is 18.2 Å². The second-order valence-corrected chi connectivity index (χ2v) is 8.92. The summed E-state index contributed by atoms with van der Waals surface area (Å²) < 4.78 is 6.05. The topological polar surface area (TPSA) is 67.4 Å². The number of anilines is 1. The van der Waals surface area contributed by atoms with Gasteiger partial charge in [0.1, 0.15) is 0 Å². The number of methoxy groups -OCH3 is 1. The molecule has 4 saturated carbocycles. The smallest absolute Gasteiger partial charge is 0.313 e. The number of rotatable bonds is 4. The molecule has 1 aromatic rings. The van der Waals surface area contributed by atoms with Crippen LogP contribution in [0, 0.1) is 37.5 Å². The highest BCUT2D eigenvalue weighted by molar-refractivity contribution is 6.39. The lowest BCUT2D eigenvalue weighted by Gasteiger charge is -2.60. The molecule has 0 unspecified atom stereocenters. The summed E-state index contributed by atoms with van der Waals surface area (Å²) >= 11 is 0. The molecule has 4 bridgehead atoms. The molecule has 4 aliphatic rings. The minimum absolute atomic E-state index is 0.302. The van der Waals surface area contributed by atoms with E-state index in [0.717, 1.165) is 23.0 Å². The average Bonchev–Trinajstić information content (AvgIpc) is 2.63. The van der Waals surface area contributed by atoms with Gasteiger partial charge in [0.2, 0.25) is 0 Å². The van der Waals surface area contributed by atoms with Crippen molar-refractivity contribution >= 4 is 17.5 Å². The van der Waals surface area contributed by atoms with E-state index in [0.29, 0.717) is 24.1 Å². The molecule has 4 fully saturated rings. The fourth-order valence-electron chi connectivity index (χ4n) is 6.11. The highest BCUT2D eigenvalue weighted by Gasteiger charge is 2.57. The summed E-state index contributed by atoms with van der Waals surface area (Å²) in [5, 5.41) is 5.61. The lowest BCUT2D eigenvalue weighted by Crippen LogP contribution is -2.63. The van der Waals surface area contributed by atoms with Crippen molar-refractivity contribution in [3.63, 3.8) is 0 Å². The second kappa shape index (κ2) is 6.93. The van der Waals surface area contributed by atoms with Crippen LogP contribution in [0.4, 0.5) is 5.69 Å². The molecule has 5 heteroatoms. The summed E-state index contributed by atoms with van der Waals surface area (Å²) in [4.78, 5) is 24.8. The first-order chi connectivity index (χ1) is 12.9. The molecule has 146 valence electrons. The molecule has 4 aliphatic carbocycles. The van der Waals surface area contributed by atoms with Gasteiger partial charge in [-0.25, -0.2) is 0 Å². The van der Waals surface area contributed by atoms with Crippen molar-refractivity contribution in [2.24, 2.45) is 23.7 Å². The molecule has 0 radical (unpaired) electrons. The monoisotopic (exact) mass is 370 g/mol. The van der Waals surface area contributed by atoms with E-state index in [1.807, 2.05) is 32.0 Å². The summed E-state index contributed by atoms with van der Waals surface area (Å²) in [7, 11) is 1.77. The third-order valence-electron chi connectivity index (χ3n) is 7.26. The van der Waals surface area contributed by atoms with E-state index in [2.05, 4.69) is 10.6 Å². The van der Waals surface area contributed by atoms with Crippen LogP contribution < -0.4 is 10.6 Å². The summed E-state index contributed by atoms with van der Waals surface area (Å²) in [6.07, 6.45) is 6.17. The number of amides is 2. The van der Waals surface area contributed by atoms with Crippen molar-refractivity contribution in [1.29, 1.82) is 0 Å². The first-order valence-electron chi connectivity index (χ1n) is 10.1. The highest BCUT2D eigenvalue weighted by atomic mass is 16.5. The Kier molecular flexibility index (Phi) is 4.75. The number of hydrogen-bond donors (Lipinski definition) is 2. The maximum atomic E-state index is 12.4. The Bertz CT molecular complexity index is 730. The summed E-state index contributed by atoms with van der Waals surface area (Å²) in [6, 6.07) is 5.75. The SMILES string of the molecule is COC1(CNC(=O)C(=O)Nc2ccc(C)cc2C)C2CC3CC(C2)CC1C3. The molecule has 0 spiro atoms. The van der Waals surface area contributed by atoms with Gasteiger partial charge in [0.05, 0.1) is 5.60 Å². The Hall–Kier alpha value is -1.88. The molecule has 5 rings (SSSR count). The maximum absolute atomic E-state index is 12.4. The number of nitrogens with one attached hydrogen (secondary N) is 2. The number of carbonyl (C=O) groups is 2. The van der Waals surface area contributed by atoms with Crippen molar-refractivity contribution in [1.82, 2.24) is 5.32 Å². The zero-order chi connectivity index (χ0) is 19.2. The number of benzene rings is 1. The van der Waals surface area contributed by atoms with Gasteiger partial charge in [-0.1, -0.05) is 17.7 Å². The molecule has 0 atom stereocenters. The second-order valence-electron chi connectivity index (χ2n) is 8.92. The minimum Gasteiger partial charge on any atom is -0.376 e. The number of aryl methyl sites for hydroxylation is 2. The van der Waals surface area contributed by atoms with Gasteiger partial charge in [0.25, 0.3) is 0 Å². The van der Waals surface area contributed by atoms with Crippen LogP contribution in [-0.2, 0) is 14.3 Å². The van der Waals surface area contributed by atoms with Crippen LogP contribution in [0.25, 0.3) is 0 Å². The number of carbonyl (C=O) groups excluding carboxylic acids is 2. The van der Waals surface area contributed by atoms with Crippen LogP contribution in [0.5, 0.6) is 0 Å². The molecule has 27 heavy (non-hydrogen) atoms. The van der Waals surface area contributed by atoms with Crippen molar-refractivity contribution in [2.75, 3.05) is 19.0 Å². The van der Waals surface area contributed by atoms with Gasteiger partial charge in [0.15, 0.2) is 0 Å². The van der Waals surface area contributed by atoms with Crippen LogP contribution in [0.2, 0.25) is 0 Å². The average molecular weight is 370 g/mol. The molecule has 2 amide bonds. The first-order valence-corrected chi connectivity index (χ1v) is 10.1. The van der Waals surface area contributed by atoms with Crippen molar-refractivity contribution in [3.05, 3.63) is 29.3 Å². The molecule has 0 saturated heterocycles. The van der Waals surface area contributed by atoms with Crippen molar-refractivity contribution < 1.29 is 14.3 Å². The third-order valence-corrected chi connectivity index (χ3v) is 7.26. The van der Waals surface area contributed by atoms with Crippen molar-refractivity contribution in [3.8, 4) is 0 Å². The molecule has 0 aromatic heterocycles. The third kappa shape index (κ3) is 3.27. The Labute approximate surface area is 161 Å². The van der Waals surface area contributed by atoms with Gasteiger partial charge in [-0.3, -0.25) is 9.59 Å². The van der Waals surface area contributed by atoms with E-state index >= 15 is 0 Å². The van der Waals surface area contributed by atoms with Gasteiger partial charge in [-0.15, -0.1) is 0 Å². The molecular formula is C22H30N2O3. The Morgan fingerprint density at radius 1 is 1.04 bits per heavy atom. The molecule has 2 N–H and O–H groups in total. The van der Waals surface area contributed by atoms with Gasteiger partial charge in [0, 0.05) is 19.3 Å². The lowest BCUT2D eigenvalue weighted by atomic mass is 9.49. The van der Waals surface area contributed by atoms with E-state index in [1.165, 1.54) is 32.1 Å². The van der Waals surface area contributed by atoms with Crippen LogP contribution in [-0.4, -0.2) is 31.1 Å². The van der Waals surface area contributed by atoms with Gasteiger partial charge in [-0.2, -0.15) is 0 Å². The standard InChI is InChI=1S/C22H30N2O3/c1-13-4-5-19(14(2)6-13)24-21(26)20(25)23-12-22(27-3)17-8-15-7-16(10-17)11-18(22)9-15/h4-6,15-18H,7-12H2,1-3H3,(H,23,25)(H,24,26). The molecular weight excluding hydrogens is 340 g/mol. The maximum Gasteiger partial charge on any atom is 0.313 e. The Morgan fingerprint density at radius 3 is 2.22 bits per heavy atom. The zero-order valence-corrected chi connectivity index (χ0v) is 16.5. The highest BCUT2D eigenvalue weighted by Crippen LogP contribution is 2.59. The normalized spacial score (nSPS) is 33.7. The summed E-state index contributed by atoms with van der Waals surface area (Å²) in [6.45, 7) is 4.35.